The average molecular weight is 350 g/mol. The highest BCUT2D eigenvalue weighted by Crippen LogP contribution is 2.43. The first-order valence-corrected chi connectivity index (χ1v) is 9.27. The van der Waals surface area contributed by atoms with Gasteiger partial charge in [-0.2, -0.15) is 5.26 Å². The van der Waals surface area contributed by atoms with Gasteiger partial charge in [-0.05, 0) is 48.9 Å². The Kier molecular flexibility index (Phi) is 4.52. The monoisotopic (exact) mass is 350 g/mol. The van der Waals surface area contributed by atoms with E-state index in [-0.39, 0.29) is 0 Å². The molecule has 4 heteroatoms. The Morgan fingerprint density at radius 1 is 1.12 bits per heavy atom. The van der Waals surface area contributed by atoms with Crippen molar-refractivity contribution in [3.05, 3.63) is 71.0 Å². The number of nitrogens with zero attached hydrogens (tertiary/aromatic N) is 2. The zero-order valence-electron chi connectivity index (χ0n) is 14.7. The zero-order valence-corrected chi connectivity index (χ0v) is 14.7. The molecule has 2 unspecified atom stereocenters. The van der Waals surface area contributed by atoms with E-state index in [4.69, 9.17) is 5.26 Å². The van der Waals surface area contributed by atoms with Gasteiger partial charge in [0.25, 0.3) is 0 Å². The van der Waals surface area contributed by atoms with Crippen LogP contribution in [-0.4, -0.2) is 27.7 Å². The van der Waals surface area contributed by atoms with Crippen molar-refractivity contribution in [1.29, 1.82) is 5.26 Å². The van der Waals surface area contributed by atoms with Crippen molar-refractivity contribution < 1.29 is 9.50 Å². The Labute approximate surface area is 153 Å². The lowest BCUT2D eigenvalue weighted by molar-refractivity contribution is -0.0544. The van der Waals surface area contributed by atoms with Gasteiger partial charge in [-0.25, -0.2) is 4.39 Å². The summed E-state index contributed by atoms with van der Waals surface area (Å²) in [6.45, 7) is 0.914. The fourth-order valence-electron chi connectivity index (χ4n) is 4.73. The van der Waals surface area contributed by atoms with E-state index in [0.717, 1.165) is 19.4 Å². The topological polar surface area (TPSA) is 47.3 Å². The van der Waals surface area contributed by atoms with E-state index in [0.29, 0.717) is 42.5 Å². The van der Waals surface area contributed by atoms with Gasteiger partial charge in [-0.15, -0.1) is 0 Å². The second-order valence-corrected chi connectivity index (χ2v) is 7.77. The molecule has 2 aromatic rings. The number of benzene rings is 2. The summed E-state index contributed by atoms with van der Waals surface area (Å²) < 4.78 is 14.3. The molecule has 2 heterocycles. The van der Waals surface area contributed by atoms with Crippen LogP contribution in [0.15, 0.2) is 48.5 Å². The third-order valence-corrected chi connectivity index (χ3v) is 5.91. The van der Waals surface area contributed by atoms with Gasteiger partial charge in [0.05, 0.1) is 17.2 Å². The van der Waals surface area contributed by atoms with Crippen LogP contribution in [0.25, 0.3) is 0 Å². The second-order valence-electron chi connectivity index (χ2n) is 7.77. The molecule has 26 heavy (non-hydrogen) atoms. The molecule has 0 spiro atoms. The van der Waals surface area contributed by atoms with Crippen LogP contribution in [-0.2, 0) is 13.0 Å². The molecule has 2 aromatic carbocycles. The first-order valence-electron chi connectivity index (χ1n) is 9.27. The molecule has 0 radical (unpaired) electrons. The number of nitriles is 1. The molecule has 1 N–H and O–H groups in total. The molecule has 2 atom stereocenters. The van der Waals surface area contributed by atoms with E-state index in [1.807, 2.05) is 12.1 Å². The summed E-state index contributed by atoms with van der Waals surface area (Å²) >= 11 is 0. The molecule has 4 rings (SSSR count). The van der Waals surface area contributed by atoms with Crippen LogP contribution in [0, 0.1) is 17.1 Å². The van der Waals surface area contributed by atoms with Crippen LogP contribution in [0.5, 0.6) is 0 Å². The lowest BCUT2D eigenvalue weighted by atomic mass is 9.81. The molecule has 0 aliphatic carbocycles. The summed E-state index contributed by atoms with van der Waals surface area (Å²) in [4.78, 5) is 2.51. The summed E-state index contributed by atoms with van der Waals surface area (Å²) in [6, 6.07) is 17.6. The predicted octanol–water partition coefficient (Wildman–Crippen LogP) is 3.80. The first kappa shape index (κ1) is 17.2. The molecule has 2 saturated heterocycles. The van der Waals surface area contributed by atoms with Crippen molar-refractivity contribution in [2.24, 2.45) is 0 Å². The number of hydrogen-bond donors (Lipinski definition) is 1. The van der Waals surface area contributed by atoms with Gasteiger partial charge < -0.3 is 5.11 Å². The maximum atomic E-state index is 14.3. The molecular formula is C22H23FN2O. The fourth-order valence-corrected chi connectivity index (χ4v) is 4.73. The Morgan fingerprint density at radius 2 is 1.81 bits per heavy atom. The smallest absolute Gasteiger partial charge is 0.127 e. The van der Waals surface area contributed by atoms with Gasteiger partial charge in [0.1, 0.15) is 5.82 Å². The Hall–Kier alpha value is -2.22. The Morgan fingerprint density at radius 3 is 2.42 bits per heavy atom. The van der Waals surface area contributed by atoms with E-state index in [9.17, 15) is 9.50 Å². The summed E-state index contributed by atoms with van der Waals surface area (Å²) in [7, 11) is 0. The second kappa shape index (κ2) is 6.83. The van der Waals surface area contributed by atoms with Crippen molar-refractivity contribution in [1.82, 2.24) is 4.90 Å². The zero-order chi connectivity index (χ0) is 18.1. The van der Waals surface area contributed by atoms with Crippen LogP contribution < -0.4 is 0 Å². The molecular weight excluding hydrogens is 327 g/mol. The number of aliphatic hydroxyl groups is 1. The van der Waals surface area contributed by atoms with Crippen LogP contribution in [0.4, 0.5) is 4.39 Å². The van der Waals surface area contributed by atoms with Crippen LogP contribution in [0.3, 0.4) is 0 Å². The minimum Gasteiger partial charge on any atom is -0.389 e. The summed E-state index contributed by atoms with van der Waals surface area (Å²) in [5.74, 6) is -0.392. The number of hydrogen-bond acceptors (Lipinski definition) is 3. The summed E-state index contributed by atoms with van der Waals surface area (Å²) in [5.41, 5.74) is 1.25. The molecule has 2 aliphatic rings. The van der Waals surface area contributed by atoms with E-state index in [1.54, 1.807) is 12.1 Å². The van der Waals surface area contributed by atoms with Gasteiger partial charge in [0.15, 0.2) is 0 Å². The largest absolute Gasteiger partial charge is 0.389 e. The van der Waals surface area contributed by atoms with Gasteiger partial charge in [-0.1, -0.05) is 36.4 Å². The Balaban J connectivity index is 1.48. The number of halogens is 1. The van der Waals surface area contributed by atoms with E-state index >= 15 is 0 Å². The van der Waals surface area contributed by atoms with E-state index < -0.39 is 11.4 Å². The number of piperidine rings is 1. The van der Waals surface area contributed by atoms with E-state index in [2.05, 4.69) is 29.2 Å². The van der Waals surface area contributed by atoms with Crippen molar-refractivity contribution in [2.75, 3.05) is 0 Å². The fraction of sp³-hybridized carbons (Fsp3) is 0.409. The van der Waals surface area contributed by atoms with Crippen LogP contribution >= 0.6 is 0 Å². The molecule has 2 fully saturated rings. The van der Waals surface area contributed by atoms with Crippen molar-refractivity contribution in [3.8, 4) is 6.07 Å². The third-order valence-electron chi connectivity index (χ3n) is 5.91. The van der Waals surface area contributed by atoms with Crippen LogP contribution in [0.2, 0.25) is 0 Å². The first-order chi connectivity index (χ1) is 12.6. The van der Waals surface area contributed by atoms with Gasteiger partial charge in [-0.3, -0.25) is 4.90 Å². The molecule has 3 nitrogen and oxygen atoms in total. The molecule has 134 valence electrons. The molecule has 2 aliphatic heterocycles. The van der Waals surface area contributed by atoms with E-state index in [1.165, 1.54) is 11.6 Å². The lowest BCUT2D eigenvalue weighted by Crippen LogP contribution is -2.51. The average Bonchev–Trinajstić information content (AvgIpc) is 2.88. The number of fused-ring (bicyclic) bond motifs is 2. The number of rotatable bonds is 4. The quantitative estimate of drug-likeness (QED) is 0.912. The minimum atomic E-state index is -0.867. The Bertz CT molecular complexity index is 816. The van der Waals surface area contributed by atoms with Gasteiger partial charge in [0, 0.05) is 25.0 Å². The van der Waals surface area contributed by atoms with Crippen LogP contribution in [0.1, 0.15) is 42.4 Å². The molecule has 2 bridgehead atoms. The minimum absolute atomic E-state index is 0.316. The van der Waals surface area contributed by atoms with Crippen molar-refractivity contribution in [2.45, 2.75) is 56.3 Å². The summed E-state index contributed by atoms with van der Waals surface area (Å²) in [5, 5.41) is 20.1. The maximum Gasteiger partial charge on any atom is 0.127 e. The maximum absolute atomic E-state index is 14.3. The third kappa shape index (κ3) is 3.38. The summed E-state index contributed by atoms with van der Waals surface area (Å²) in [6.07, 6.45) is 3.85. The highest BCUT2D eigenvalue weighted by molar-refractivity contribution is 5.33. The SMILES string of the molecule is N#Cc1ccc(CC2(O)CC3CCC(C2)N3Cc2ccccc2)c(F)c1. The highest BCUT2D eigenvalue weighted by atomic mass is 19.1. The molecule has 0 saturated carbocycles. The molecule has 0 amide bonds. The standard InChI is InChI=1S/C22H23FN2O/c23-21-10-17(14-24)6-7-18(21)11-22(26)12-19-8-9-20(13-22)25(19)15-16-4-2-1-3-5-16/h1-7,10,19-20,26H,8-9,11-13,15H2. The van der Waals surface area contributed by atoms with Crippen molar-refractivity contribution in [3.63, 3.8) is 0 Å². The van der Waals surface area contributed by atoms with Gasteiger partial charge >= 0.3 is 0 Å². The lowest BCUT2D eigenvalue weighted by Gasteiger charge is -2.44. The highest BCUT2D eigenvalue weighted by Gasteiger charge is 2.47. The van der Waals surface area contributed by atoms with Gasteiger partial charge in [0.2, 0.25) is 0 Å². The molecule has 0 aromatic heterocycles. The predicted molar refractivity (Wildman–Crippen MR) is 97.8 cm³/mol. The normalized spacial score (nSPS) is 28.0. The van der Waals surface area contributed by atoms with Crippen molar-refractivity contribution >= 4 is 0 Å².